The normalized spacial score (nSPS) is 16.5. The molecule has 2 aromatic heterocycles. The molecule has 4 rings (SSSR count). The van der Waals surface area contributed by atoms with Gasteiger partial charge >= 0.3 is 0 Å². The Balaban J connectivity index is 1.87. The van der Waals surface area contributed by atoms with Crippen molar-refractivity contribution in [3.63, 3.8) is 0 Å². The molecule has 0 spiro atoms. The number of ether oxygens (including phenoxy) is 1. The van der Waals surface area contributed by atoms with Crippen molar-refractivity contribution < 1.29 is 4.74 Å². The number of nitrogens with zero attached hydrogens (tertiary/aromatic N) is 3. The van der Waals surface area contributed by atoms with Gasteiger partial charge in [-0.15, -0.1) is 0 Å². The monoisotopic (exact) mass is 296 g/mol. The summed E-state index contributed by atoms with van der Waals surface area (Å²) in [5.74, 6) is 0.872. The molecule has 5 heteroatoms. The summed E-state index contributed by atoms with van der Waals surface area (Å²) in [7, 11) is 0. The number of imidazole rings is 1. The maximum Gasteiger partial charge on any atom is 0.180 e. The standard InChI is InChI=1S/C17H20N4O/c1-11-3-4-14-15(9-11)21-12(2)10-18-17(21)16(20-14)19-13-5-7-22-8-6-13/h3-4,9-10,13H,5-8H2,1-2H3,(H,19,20). The number of nitrogens with one attached hydrogen (secondary N) is 1. The minimum atomic E-state index is 0.407. The Kier molecular flexibility index (Phi) is 3.22. The van der Waals surface area contributed by atoms with E-state index < -0.39 is 0 Å². The third-order valence-electron chi connectivity index (χ3n) is 4.32. The van der Waals surface area contributed by atoms with Gasteiger partial charge in [-0.1, -0.05) is 6.07 Å². The number of hydrogen-bond donors (Lipinski definition) is 1. The van der Waals surface area contributed by atoms with E-state index in [9.17, 15) is 0 Å². The molecule has 0 aliphatic carbocycles. The molecular formula is C17H20N4O. The summed E-state index contributed by atoms with van der Waals surface area (Å²) in [5, 5.41) is 3.57. The van der Waals surface area contributed by atoms with Crippen LogP contribution in [-0.2, 0) is 4.74 Å². The van der Waals surface area contributed by atoms with Crippen molar-refractivity contribution in [2.45, 2.75) is 32.7 Å². The van der Waals surface area contributed by atoms with Gasteiger partial charge in [0.15, 0.2) is 11.5 Å². The molecule has 0 radical (unpaired) electrons. The van der Waals surface area contributed by atoms with Gasteiger partial charge in [0, 0.05) is 31.1 Å². The summed E-state index contributed by atoms with van der Waals surface area (Å²) in [6.45, 7) is 5.81. The topological polar surface area (TPSA) is 51.5 Å². The second kappa shape index (κ2) is 5.25. The van der Waals surface area contributed by atoms with E-state index in [4.69, 9.17) is 9.72 Å². The molecule has 114 valence electrons. The van der Waals surface area contributed by atoms with Crippen molar-refractivity contribution in [2.24, 2.45) is 0 Å². The first kappa shape index (κ1) is 13.5. The van der Waals surface area contributed by atoms with Crippen LogP contribution in [0, 0.1) is 13.8 Å². The molecule has 22 heavy (non-hydrogen) atoms. The van der Waals surface area contributed by atoms with Crippen molar-refractivity contribution in [2.75, 3.05) is 18.5 Å². The van der Waals surface area contributed by atoms with Crippen LogP contribution >= 0.6 is 0 Å². The van der Waals surface area contributed by atoms with Crippen LogP contribution in [0.25, 0.3) is 16.7 Å². The Labute approximate surface area is 129 Å². The van der Waals surface area contributed by atoms with E-state index in [0.29, 0.717) is 6.04 Å². The van der Waals surface area contributed by atoms with Gasteiger partial charge in [0.2, 0.25) is 0 Å². The molecule has 0 amide bonds. The third kappa shape index (κ3) is 2.22. The molecule has 3 aromatic rings. The molecule has 1 saturated heterocycles. The summed E-state index contributed by atoms with van der Waals surface area (Å²) in [6.07, 6.45) is 3.94. The fourth-order valence-electron chi connectivity index (χ4n) is 3.12. The Hall–Kier alpha value is -2.14. The highest BCUT2D eigenvalue weighted by molar-refractivity contribution is 5.83. The second-order valence-electron chi connectivity index (χ2n) is 6.04. The van der Waals surface area contributed by atoms with Gasteiger partial charge < -0.3 is 10.1 Å². The number of aromatic nitrogens is 3. The van der Waals surface area contributed by atoms with Gasteiger partial charge in [-0.25, -0.2) is 9.97 Å². The van der Waals surface area contributed by atoms with Crippen LogP contribution in [0.1, 0.15) is 24.1 Å². The van der Waals surface area contributed by atoms with Crippen LogP contribution in [0.4, 0.5) is 5.82 Å². The Bertz CT molecular complexity index is 833. The summed E-state index contributed by atoms with van der Waals surface area (Å²) < 4.78 is 7.62. The lowest BCUT2D eigenvalue weighted by Crippen LogP contribution is -2.28. The second-order valence-corrected chi connectivity index (χ2v) is 6.04. The van der Waals surface area contributed by atoms with Crippen LogP contribution in [0.3, 0.4) is 0 Å². The Morgan fingerprint density at radius 2 is 2.05 bits per heavy atom. The van der Waals surface area contributed by atoms with Crippen LogP contribution in [0.2, 0.25) is 0 Å². The van der Waals surface area contributed by atoms with E-state index in [0.717, 1.165) is 54.2 Å². The lowest BCUT2D eigenvalue weighted by Gasteiger charge is -2.24. The minimum absolute atomic E-state index is 0.407. The first-order valence-corrected chi connectivity index (χ1v) is 7.81. The van der Waals surface area contributed by atoms with Crippen molar-refractivity contribution in [3.05, 3.63) is 35.7 Å². The molecule has 1 fully saturated rings. The van der Waals surface area contributed by atoms with Crippen molar-refractivity contribution in [3.8, 4) is 0 Å². The average Bonchev–Trinajstić information content (AvgIpc) is 2.92. The highest BCUT2D eigenvalue weighted by Crippen LogP contribution is 2.25. The van der Waals surface area contributed by atoms with Crippen LogP contribution in [0.15, 0.2) is 24.4 Å². The van der Waals surface area contributed by atoms with Gasteiger partial charge in [-0.3, -0.25) is 4.40 Å². The van der Waals surface area contributed by atoms with Crippen molar-refractivity contribution in [1.29, 1.82) is 0 Å². The molecule has 1 N–H and O–H groups in total. The van der Waals surface area contributed by atoms with E-state index in [2.05, 4.69) is 46.7 Å². The highest BCUT2D eigenvalue weighted by atomic mass is 16.5. The number of hydrogen-bond acceptors (Lipinski definition) is 4. The molecule has 1 aromatic carbocycles. The summed E-state index contributed by atoms with van der Waals surface area (Å²) in [6, 6.07) is 6.76. The lowest BCUT2D eigenvalue weighted by atomic mass is 10.1. The van der Waals surface area contributed by atoms with E-state index >= 15 is 0 Å². The number of aryl methyl sites for hydroxylation is 2. The quantitative estimate of drug-likeness (QED) is 0.789. The van der Waals surface area contributed by atoms with Crippen molar-refractivity contribution in [1.82, 2.24) is 14.4 Å². The zero-order valence-electron chi connectivity index (χ0n) is 13.0. The Morgan fingerprint density at radius 1 is 1.23 bits per heavy atom. The van der Waals surface area contributed by atoms with E-state index in [1.54, 1.807) is 0 Å². The molecule has 3 heterocycles. The fourth-order valence-corrected chi connectivity index (χ4v) is 3.12. The highest BCUT2D eigenvalue weighted by Gasteiger charge is 2.18. The summed E-state index contributed by atoms with van der Waals surface area (Å²) in [5.41, 5.74) is 5.37. The largest absolute Gasteiger partial charge is 0.381 e. The maximum atomic E-state index is 5.43. The predicted octanol–water partition coefficient (Wildman–Crippen LogP) is 3.09. The SMILES string of the molecule is Cc1ccc2nc(NC3CCOCC3)c3ncc(C)n3c2c1. The van der Waals surface area contributed by atoms with Gasteiger partial charge in [0.25, 0.3) is 0 Å². The van der Waals surface area contributed by atoms with E-state index in [1.165, 1.54) is 5.56 Å². The van der Waals surface area contributed by atoms with Gasteiger partial charge in [-0.05, 0) is 44.4 Å². The molecule has 1 aliphatic heterocycles. The molecule has 0 atom stereocenters. The Morgan fingerprint density at radius 3 is 2.86 bits per heavy atom. The number of fused-ring (bicyclic) bond motifs is 3. The van der Waals surface area contributed by atoms with Crippen LogP contribution in [0.5, 0.6) is 0 Å². The van der Waals surface area contributed by atoms with Crippen LogP contribution < -0.4 is 5.32 Å². The molecule has 0 bridgehead atoms. The first-order chi connectivity index (χ1) is 10.7. The van der Waals surface area contributed by atoms with E-state index in [-0.39, 0.29) is 0 Å². The summed E-state index contributed by atoms with van der Waals surface area (Å²) in [4.78, 5) is 9.39. The average molecular weight is 296 g/mol. The smallest absolute Gasteiger partial charge is 0.180 e. The summed E-state index contributed by atoms with van der Waals surface area (Å²) >= 11 is 0. The van der Waals surface area contributed by atoms with Crippen LogP contribution in [-0.4, -0.2) is 33.6 Å². The maximum absolute atomic E-state index is 5.43. The number of rotatable bonds is 2. The van der Waals surface area contributed by atoms with Crippen molar-refractivity contribution >= 4 is 22.5 Å². The lowest BCUT2D eigenvalue weighted by molar-refractivity contribution is 0.0904. The molecule has 0 unspecified atom stereocenters. The first-order valence-electron chi connectivity index (χ1n) is 7.81. The molecule has 5 nitrogen and oxygen atoms in total. The van der Waals surface area contributed by atoms with Gasteiger partial charge in [0.1, 0.15) is 0 Å². The molecule has 1 aliphatic rings. The molecular weight excluding hydrogens is 276 g/mol. The fraction of sp³-hybridized carbons (Fsp3) is 0.412. The minimum Gasteiger partial charge on any atom is -0.381 e. The number of benzene rings is 1. The predicted molar refractivity (Wildman–Crippen MR) is 87.4 cm³/mol. The van der Waals surface area contributed by atoms with Gasteiger partial charge in [-0.2, -0.15) is 0 Å². The van der Waals surface area contributed by atoms with Gasteiger partial charge in [0.05, 0.1) is 11.0 Å². The zero-order chi connectivity index (χ0) is 15.1. The van der Waals surface area contributed by atoms with E-state index in [1.807, 2.05) is 6.20 Å². The zero-order valence-corrected chi connectivity index (χ0v) is 13.0. The third-order valence-corrected chi connectivity index (χ3v) is 4.32. The molecule has 0 saturated carbocycles. The number of anilines is 1.